The summed E-state index contributed by atoms with van der Waals surface area (Å²) in [6.07, 6.45) is 21.4. The number of benzene rings is 2. The van der Waals surface area contributed by atoms with Gasteiger partial charge < -0.3 is 20.6 Å². The number of ketones is 1. The van der Waals surface area contributed by atoms with Gasteiger partial charge in [0.2, 0.25) is 17.2 Å². The first-order valence-electron chi connectivity index (χ1n) is 26.9. The van der Waals surface area contributed by atoms with Crippen LogP contribution >= 0.6 is 0 Å². The molecule has 5 rings (SSSR count). The van der Waals surface area contributed by atoms with Gasteiger partial charge in [-0.1, -0.05) is 145 Å². The van der Waals surface area contributed by atoms with Crippen molar-refractivity contribution in [3.05, 3.63) is 57.3 Å². The maximum absolute atomic E-state index is 15.0. The zero-order valence-corrected chi connectivity index (χ0v) is 43.7. The Morgan fingerprint density at radius 2 is 1.18 bits per heavy atom. The van der Waals surface area contributed by atoms with Crippen molar-refractivity contribution in [2.45, 2.75) is 234 Å². The lowest BCUT2D eigenvalue weighted by molar-refractivity contribution is -0.292. The predicted molar refractivity (Wildman–Crippen MR) is 277 cm³/mol. The number of nitrogens with zero attached hydrogens (tertiary/aromatic N) is 2. The number of hydrogen-bond acceptors (Lipinski definition) is 5. The highest BCUT2D eigenvalue weighted by Gasteiger charge is 2.46. The van der Waals surface area contributed by atoms with E-state index >= 15 is 9.90 Å². The van der Waals surface area contributed by atoms with Gasteiger partial charge >= 0.3 is 0 Å². The monoisotopic (exact) mass is 907 g/mol. The highest BCUT2D eigenvalue weighted by atomic mass is 16.3. The molecule has 0 saturated carbocycles. The van der Waals surface area contributed by atoms with Crippen LogP contribution in [0.2, 0.25) is 0 Å². The normalized spacial score (nSPS) is 20.0. The SMILES string of the molecule is CCCCCCCCN1c2cc(NC(=O)C(CC)CCCC)c(C3=C([O-])/C(=c4\cc5c(cc4NC(=O)C(CC)CCCC)=[N+](CCCCCCCC)C(C)C5(C)C)C3=O)cc2C(C)(C)C1C. The van der Waals surface area contributed by atoms with E-state index in [1.54, 1.807) is 0 Å². The molecule has 0 aromatic heterocycles. The zero-order valence-electron chi connectivity index (χ0n) is 43.7. The second-order valence-electron chi connectivity index (χ2n) is 21.4. The Bertz CT molecular complexity index is 2180. The number of anilines is 3. The second kappa shape index (κ2) is 23.9. The lowest BCUT2D eigenvalue weighted by Crippen LogP contribution is -2.39. The molecule has 366 valence electrons. The molecule has 2 aromatic rings. The summed E-state index contributed by atoms with van der Waals surface area (Å²) in [6, 6.07) is 8.59. The first-order valence-corrected chi connectivity index (χ1v) is 26.9. The van der Waals surface area contributed by atoms with Gasteiger partial charge in [-0.2, -0.15) is 0 Å². The maximum atomic E-state index is 15.0. The van der Waals surface area contributed by atoms with Gasteiger partial charge in [-0.3, -0.25) is 14.4 Å². The molecule has 2 N–H and O–H groups in total. The number of unbranched alkanes of at least 4 members (excludes halogenated alkanes) is 12. The quantitative estimate of drug-likeness (QED) is 0.0686. The smallest absolute Gasteiger partial charge is 0.227 e. The van der Waals surface area contributed by atoms with Gasteiger partial charge in [-0.15, -0.1) is 0 Å². The minimum absolute atomic E-state index is 0.0667. The molecule has 8 nitrogen and oxygen atoms in total. The van der Waals surface area contributed by atoms with Crippen molar-refractivity contribution in [1.29, 1.82) is 0 Å². The Morgan fingerprint density at radius 3 is 1.73 bits per heavy atom. The van der Waals surface area contributed by atoms with E-state index in [4.69, 9.17) is 0 Å². The molecule has 4 unspecified atom stereocenters. The van der Waals surface area contributed by atoms with E-state index in [0.717, 1.165) is 86.6 Å². The molecule has 2 aromatic carbocycles. The number of carbonyl (C=O) groups is 3. The molecule has 0 bridgehead atoms. The van der Waals surface area contributed by atoms with Crippen LogP contribution in [0.4, 0.5) is 17.1 Å². The van der Waals surface area contributed by atoms with Crippen LogP contribution in [0.3, 0.4) is 0 Å². The van der Waals surface area contributed by atoms with Crippen molar-refractivity contribution < 1.29 is 19.5 Å². The van der Waals surface area contributed by atoms with Crippen LogP contribution in [0, 0.1) is 11.8 Å². The van der Waals surface area contributed by atoms with Crippen LogP contribution in [-0.4, -0.2) is 42.8 Å². The van der Waals surface area contributed by atoms with E-state index in [0.29, 0.717) is 35.0 Å². The average Bonchev–Trinajstić information content (AvgIpc) is 3.58. The molecule has 8 heteroatoms. The minimum Gasteiger partial charge on any atom is -0.871 e. The molecule has 2 heterocycles. The third-order valence-electron chi connectivity index (χ3n) is 16.3. The van der Waals surface area contributed by atoms with Gasteiger partial charge in [0.1, 0.15) is 6.54 Å². The van der Waals surface area contributed by atoms with E-state index in [2.05, 4.69) is 115 Å². The summed E-state index contributed by atoms with van der Waals surface area (Å²) in [5, 5.41) is 23.2. The molecule has 2 aliphatic heterocycles. The maximum Gasteiger partial charge on any atom is 0.227 e. The third-order valence-corrected chi connectivity index (χ3v) is 16.3. The molecule has 2 amide bonds. The number of fused-ring (bicyclic) bond motifs is 2. The average molecular weight is 907 g/mol. The van der Waals surface area contributed by atoms with Crippen LogP contribution in [-0.2, 0) is 25.2 Å². The minimum atomic E-state index is -0.331. The fourth-order valence-corrected chi connectivity index (χ4v) is 11.0. The Balaban J connectivity index is 1.70. The van der Waals surface area contributed by atoms with Crippen LogP contribution in [0.15, 0.2) is 30.0 Å². The van der Waals surface area contributed by atoms with Gasteiger partial charge in [0.25, 0.3) is 0 Å². The van der Waals surface area contributed by atoms with Crippen molar-refractivity contribution in [3.63, 3.8) is 0 Å². The summed E-state index contributed by atoms with van der Waals surface area (Å²) in [5.74, 6) is -1.14. The largest absolute Gasteiger partial charge is 0.871 e. The number of allylic oxidation sites excluding steroid dienone is 2. The number of Topliss-reactive ketones (excluding diaryl/α,β-unsaturated/α-hetero) is 1. The van der Waals surface area contributed by atoms with Crippen molar-refractivity contribution in [3.8, 4) is 0 Å². The number of rotatable bonds is 27. The van der Waals surface area contributed by atoms with Crippen LogP contribution in [0.25, 0.3) is 11.1 Å². The first-order chi connectivity index (χ1) is 31.5. The van der Waals surface area contributed by atoms with Gasteiger partial charge in [-0.05, 0) is 90.0 Å². The standard InChI is InChI=1S/C58H90N4O4/c1-13-19-23-25-27-29-33-61-39(7)57(9,10)45-35-43(47(37-49(45)61)59-55(65)41(17-5)31-21-15-3)51-53(63)52(54(51)64)44-36-46-50(38-48(44)60-56(66)42(18-6)32-22-16-4)62(40(8)58(46,11)12)34-30-28-26-24-20-14-2/h35-42H,13-34H2,1-12H3,(H2,59,60,63,64,65,66). The van der Waals surface area contributed by atoms with Gasteiger partial charge in [-0.25, -0.2) is 4.58 Å². The van der Waals surface area contributed by atoms with Crippen LogP contribution in [0.5, 0.6) is 0 Å². The van der Waals surface area contributed by atoms with E-state index < -0.39 is 0 Å². The highest BCUT2D eigenvalue weighted by Crippen LogP contribution is 2.50. The highest BCUT2D eigenvalue weighted by molar-refractivity contribution is 6.52. The first kappa shape index (κ1) is 53.0. The number of amides is 2. The second-order valence-corrected chi connectivity index (χ2v) is 21.4. The lowest BCUT2D eigenvalue weighted by Gasteiger charge is -2.33. The molecule has 3 aliphatic rings. The summed E-state index contributed by atoms with van der Waals surface area (Å²) < 4.78 is 2.48. The van der Waals surface area contributed by atoms with Crippen molar-refractivity contribution in [2.24, 2.45) is 11.8 Å². The summed E-state index contributed by atoms with van der Waals surface area (Å²) in [7, 11) is 0. The number of hydrogen-bond donors (Lipinski definition) is 2. The Labute approximate surface area is 400 Å². The summed E-state index contributed by atoms with van der Waals surface area (Å²) in [5.41, 5.74) is 4.54. The fraction of sp³-hybridized carbons (Fsp3) is 0.690. The molecule has 1 aliphatic carbocycles. The molecule has 4 atom stereocenters. The summed E-state index contributed by atoms with van der Waals surface area (Å²) in [6.45, 7) is 28.3. The molecule has 0 spiro atoms. The van der Waals surface area contributed by atoms with E-state index in [1.165, 1.54) is 64.2 Å². The van der Waals surface area contributed by atoms with E-state index in [1.807, 2.05) is 12.1 Å². The third kappa shape index (κ3) is 11.3. The molecular weight excluding hydrogens is 817 g/mol. The fourth-order valence-electron chi connectivity index (χ4n) is 11.0. The summed E-state index contributed by atoms with van der Waals surface area (Å²) in [4.78, 5) is 45.8. The summed E-state index contributed by atoms with van der Waals surface area (Å²) >= 11 is 0. The van der Waals surface area contributed by atoms with Crippen LogP contribution < -0.4 is 35.8 Å². The molecule has 66 heavy (non-hydrogen) atoms. The molecule has 0 radical (unpaired) electrons. The zero-order chi connectivity index (χ0) is 48.3. The predicted octanol–water partition coefficient (Wildman–Crippen LogP) is 11.9. The Hall–Kier alpha value is -3.94. The topological polar surface area (TPSA) is 105 Å². The van der Waals surface area contributed by atoms with E-state index in [9.17, 15) is 9.59 Å². The van der Waals surface area contributed by atoms with Crippen LogP contribution in [0.1, 0.15) is 228 Å². The van der Waals surface area contributed by atoms with Gasteiger partial charge in [0.05, 0.1) is 16.8 Å². The molecule has 0 fully saturated rings. The number of carbonyl (C=O) groups excluding carboxylic acids is 3. The van der Waals surface area contributed by atoms with Crippen molar-refractivity contribution in [2.75, 3.05) is 28.6 Å². The molecule has 0 saturated heterocycles. The van der Waals surface area contributed by atoms with Crippen molar-refractivity contribution >= 4 is 45.8 Å². The Morgan fingerprint density at radius 1 is 0.652 bits per heavy atom. The Kier molecular flexibility index (Phi) is 19.2. The van der Waals surface area contributed by atoms with Crippen molar-refractivity contribution in [1.82, 2.24) is 4.58 Å². The number of nitrogens with one attached hydrogen (secondary N) is 2. The lowest BCUT2D eigenvalue weighted by atomic mass is 9.76. The van der Waals surface area contributed by atoms with Gasteiger partial charge in [0, 0.05) is 75.5 Å². The van der Waals surface area contributed by atoms with E-state index in [-0.39, 0.29) is 69.3 Å². The molecular formula is C58H90N4O4. The van der Waals surface area contributed by atoms with Gasteiger partial charge in [0.15, 0.2) is 11.8 Å².